The zero-order valence-electron chi connectivity index (χ0n) is 14.0. The van der Waals surface area contributed by atoms with Crippen LogP contribution in [0, 0.1) is 18.8 Å². The van der Waals surface area contributed by atoms with Crippen LogP contribution in [0.1, 0.15) is 31.2 Å². The van der Waals surface area contributed by atoms with Gasteiger partial charge in [-0.25, -0.2) is 0 Å². The van der Waals surface area contributed by atoms with Gasteiger partial charge in [0, 0.05) is 39.0 Å². The fourth-order valence-electron chi connectivity index (χ4n) is 3.65. The number of carbonyl (C=O) groups is 1. The molecule has 2 N–H and O–H groups in total. The second-order valence-corrected chi connectivity index (χ2v) is 6.98. The van der Waals surface area contributed by atoms with E-state index in [2.05, 4.69) is 18.2 Å². The number of hydrogen-bond acceptors (Lipinski definition) is 4. The maximum atomic E-state index is 12.6. The highest BCUT2D eigenvalue weighted by Gasteiger charge is 2.31. The minimum absolute atomic E-state index is 0.130. The summed E-state index contributed by atoms with van der Waals surface area (Å²) in [5.41, 5.74) is 7.42. The van der Waals surface area contributed by atoms with Gasteiger partial charge in [-0.3, -0.25) is 9.48 Å². The minimum Gasteiger partial charge on any atom is -0.381 e. The molecule has 2 aliphatic heterocycles. The third-order valence-electron chi connectivity index (χ3n) is 5.19. The summed E-state index contributed by atoms with van der Waals surface area (Å²) in [5, 5.41) is 4.36. The molecular weight excluding hydrogens is 292 g/mol. The summed E-state index contributed by atoms with van der Waals surface area (Å²) in [6, 6.07) is -0.357. The largest absolute Gasteiger partial charge is 0.381 e. The lowest BCUT2D eigenvalue weighted by Crippen LogP contribution is -2.51. The highest BCUT2D eigenvalue weighted by atomic mass is 16.5. The Kier molecular flexibility index (Phi) is 5.33. The minimum atomic E-state index is -0.357. The highest BCUT2D eigenvalue weighted by molar-refractivity contribution is 5.82. The number of carbonyl (C=O) groups excluding carboxylic acids is 1. The van der Waals surface area contributed by atoms with Crippen LogP contribution in [0.15, 0.2) is 12.4 Å². The zero-order chi connectivity index (χ0) is 16.2. The second-order valence-electron chi connectivity index (χ2n) is 6.98. The molecule has 0 aliphatic carbocycles. The first-order valence-corrected chi connectivity index (χ1v) is 8.74. The Balaban J connectivity index is 1.47. The number of rotatable bonds is 4. The summed E-state index contributed by atoms with van der Waals surface area (Å²) in [4.78, 5) is 14.6. The molecule has 1 unspecified atom stereocenters. The lowest BCUT2D eigenvalue weighted by atomic mass is 9.90. The molecule has 0 radical (unpaired) electrons. The Labute approximate surface area is 138 Å². The Morgan fingerprint density at radius 2 is 2.04 bits per heavy atom. The predicted octanol–water partition coefficient (Wildman–Crippen LogP) is 1.18. The van der Waals surface area contributed by atoms with Gasteiger partial charge in [-0.2, -0.15) is 5.10 Å². The molecule has 23 heavy (non-hydrogen) atoms. The first kappa shape index (κ1) is 16.5. The fourth-order valence-corrected chi connectivity index (χ4v) is 3.65. The number of aromatic nitrogens is 2. The molecule has 0 bridgehead atoms. The van der Waals surface area contributed by atoms with Gasteiger partial charge in [0.05, 0.1) is 12.2 Å². The number of likely N-dealkylation sites (tertiary alicyclic amines) is 1. The van der Waals surface area contributed by atoms with Crippen LogP contribution in [0.2, 0.25) is 0 Å². The fraction of sp³-hybridized carbons (Fsp3) is 0.765. The van der Waals surface area contributed by atoms with E-state index in [1.54, 1.807) is 0 Å². The van der Waals surface area contributed by atoms with Crippen LogP contribution >= 0.6 is 0 Å². The van der Waals surface area contributed by atoms with Crippen molar-refractivity contribution in [2.45, 2.75) is 45.2 Å². The van der Waals surface area contributed by atoms with Gasteiger partial charge in [0.2, 0.25) is 5.91 Å². The molecule has 1 amide bonds. The highest BCUT2D eigenvalue weighted by Crippen LogP contribution is 2.23. The smallest absolute Gasteiger partial charge is 0.239 e. The number of nitrogens with two attached hydrogens (primary N) is 1. The van der Waals surface area contributed by atoms with E-state index in [9.17, 15) is 4.79 Å². The van der Waals surface area contributed by atoms with Gasteiger partial charge in [0.1, 0.15) is 0 Å². The normalized spacial score (nSPS) is 22.3. The van der Waals surface area contributed by atoms with Crippen molar-refractivity contribution in [2.24, 2.45) is 17.6 Å². The molecule has 3 rings (SSSR count). The van der Waals surface area contributed by atoms with E-state index in [0.717, 1.165) is 58.5 Å². The molecule has 2 saturated heterocycles. The molecule has 2 aliphatic rings. The van der Waals surface area contributed by atoms with Crippen molar-refractivity contribution in [3.8, 4) is 0 Å². The van der Waals surface area contributed by atoms with Gasteiger partial charge in [-0.05, 0) is 50.0 Å². The molecule has 128 valence electrons. The number of aryl methyl sites for hydroxylation is 1. The predicted molar refractivity (Wildman–Crippen MR) is 87.8 cm³/mol. The number of nitrogens with zero attached hydrogens (tertiary/aromatic N) is 3. The van der Waals surface area contributed by atoms with E-state index < -0.39 is 0 Å². The third kappa shape index (κ3) is 4.12. The summed E-state index contributed by atoms with van der Waals surface area (Å²) in [6.07, 6.45) is 7.85. The Morgan fingerprint density at radius 3 is 2.65 bits per heavy atom. The SMILES string of the molecule is Cc1cnn(CC2CCN(C(=O)C(N)C3CCOCC3)CC2)c1. The van der Waals surface area contributed by atoms with E-state index in [-0.39, 0.29) is 17.9 Å². The third-order valence-corrected chi connectivity index (χ3v) is 5.19. The number of hydrogen-bond donors (Lipinski definition) is 1. The quantitative estimate of drug-likeness (QED) is 0.904. The topological polar surface area (TPSA) is 73.4 Å². The van der Waals surface area contributed by atoms with Crippen LogP contribution in [0.25, 0.3) is 0 Å². The molecule has 0 spiro atoms. The molecule has 3 heterocycles. The molecule has 6 heteroatoms. The van der Waals surface area contributed by atoms with Crippen molar-refractivity contribution in [3.05, 3.63) is 18.0 Å². The van der Waals surface area contributed by atoms with Crippen LogP contribution in [0.3, 0.4) is 0 Å². The van der Waals surface area contributed by atoms with Crippen molar-refractivity contribution in [2.75, 3.05) is 26.3 Å². The van der Waals surface area contributed by atoms with Gasteiger partial charge in [0.15, 0.2) is 0 Å². The summed E-state index contributed by atoms with van der Waals surface area (Å²) in [6.45, 7) is 6.11. The molecule has 1 aromatic rings. The number of ether oxygens (including phenoxy) is 1. The Morgan fingerprint density at radius 1 is 1.35 bits per heavy atom. The van der Waals surface area contributed by atoms with Crippen molar-refractivity contribution in [3.63, 3.8) is 0 Å². The van der Waals surface area contributed by atoms with Gasteiger partial charge in [0.25, 0.3) is 0 Å². The van der Waals surface area contributed by atoms with E-state index in [0.29, 0.717) is 5.92 Å². The van der Waals surface area contributed by atoms with Crippen LogP contribution in [0.4, 0.5) is 0 Å². The molecule has 0 saturated carbocycles. The summed E-state index contributed by atoms with van der Waals surface area (Å²) >= 11 is 0. The monoisotopic (exact) mass is 320 g/mol. The maximum Gasteiger partial charge on any atom is 0.239 e. The van der Waals surface area contributed by atoms with Crippen molar-refractivity contribution in [1.29, 1.82) is 0 Å². The van der Waals surface area contributed by atoms with Crippen molar-refractivity contribution in [1.82, 2.24) is 14.7 Å². The Bertz CT molecular complexity index is 516. The van der Waals surface area contributed by atoms with Crippen LogP contribution < -0.4 is 5.73 Å². The molecule has 1 atom stereocenters. The standard InChI is InChI=1S/C17H28N4O2/c1-13-10-19-21(11-13)12-14-2-6-20(7-3-14)17(22)16(18)15-4-8-23-9-5-15/h10-11,14-16H,2-9,12,18H2,1H3. The number of piperidine rings is 1. The summed E-state index contributed by atoms with van der Waals surface area (Å²) in [5.74, 6) is 1.00. The van der Waals surface area contributed by atoms with Crippen LogP contribution in [0.5, 0.6) is 0 Å². The van der Waals surface area contributed by atoms with Crippen molar-refractivity contribution >= 4 is 5.91 Å². The zero-order valence-corrected chi connectivity index (χ0v) is 14.0. The van der Waals surface area contributed by atoms with E-state index >= 15 is 0 Å². The molecule has 1 aromatic heterocycles. The number of amides is 1. The van der Waals surface area contributed by atoms with Gasteiger partial charge >= 0.3 is 0 Å². The lowest BCUT2D eigenvalue weighted by Gasteiger charge is -2.36. The van der Waals surface area contributed by atoms with Crippen LogP contribution in [-0.4, -0.2) is 52.9 Å². The average Bonchev–Trinajstić information content (AvgIpc) is 3.00. The lowest BCUT2D eigenvalue weighted by molar-refractivity contribution is -0.136. The van der Waals surface area contributed by atoms with Gasteiger partial charge < -0.3 is 15.4 Å². The average molecular weight is 320 g/mol. The Hall–Kier alpha value is -1.40. The van der Waals surface area contributed by atoms with Crippen molar-refractivity contribution < 1.29 is 9.53 Å². The van der Waals surface area contributed by atoms with Gasteiger partial charge in [-0.15, -0.1) is 0 Å². The molecule has 2 fully saturated rings. The molecule has 6 nitrogen and oxygen atoms in total. The van der Waals surface area contributed by atoms with E-state index in [1.807, 2.05) is 15.8 Å². The molecular formula is C17H28N4O2. The maximum absolute atomic E-state index is 12.6. The van der Waals surface area contributed by atoms with E-state index in [4.69, 9.17) is 10.5 Å². The summed E-state index contributed by atoms with van der Waals surface area (Å²) < 4.78 is 7.38. The second kappa shape index (κ2) is 7.45. The summed E-state index contributed by atoms with van der Waals surface area (Å²) in [7, 11) is 0. The van der Waals surface area contributed by atoms with E-state index in [1.165, 1.54) is 5.56 Å². The van der Waals surface area contributed by atoms with Gasteiger partial charge in [-0.1, -0.05) is 0 Å². The first-order chi connectivity index (χ1) is 11.1. The molecule has 0 aromatic carbocycles. The van der Waals surface area contributed by atoms with Crippen LogP contribution in [-0.2, 0) is 16.1 Å². The first-order valence-electron chi connectivity index (χ1n) is 8.74.